The third-order valence-electron chi connectivity index (χ3n) is 8.14. The van der Waals surface area contributed by atoms with E-state index in [4.69, 9.17) is 9.15 Å². The number of ether oxygens (including phenoxy) is 1. The fraction of sp³-hybridized carbons (Fsp3) is 0.129. The van der Waals surface area contributed by atoms with Gasteiger partial charge in [0.25, 0.3) is 0 Å². The zero-order valence-corrected chi connectivity index (χ0v) is 23.5. The number of anilines is 1. The van der Waals surface area contributed by atoms with Crippen LogP contribution in [0.4, 0.5) is 15.8 Å². The molecule has 1 aliphatic heterocycles. The number of carbonyl (C=O) groups is 1. The number of amides is 1. The average molecular weight is 629 g/mol. The second kappa shape index (κ2) is 9.31. The molecule has 0 saturated carbocycles. The Labute approximate surface area is 244 Å². The zero-order chi connectivity index (χ0) is 29.3. The number of H-pyrrole nitrogens is 1. The van der Waals surface area contributed by atoms with Gasteiger partial charge in [-0.05, 0) is 86.9 Å². The molecule has 0 radical (unpaired) electrons. The average Bonchev–Trinajstić information content (AvgIpc) is 3.50. The molecule has 1 N–H and O–H groups in total. The number of nitroso groups, excluding NO2 is 1. The number of aromatic nitrogens is 1. The molecule has 0 fully saturated rings. The number of benzene rings is 4. The number of nitrogens with one attached hydrogen (secondary N) is 1. The number of fused-ring (bicyclic) bond motifs is 6. The minimum absolute atomic E-state index is 0.0197. The SMILES string of the molecule is COc1ccc(C2(c3ccc(F)c(Br)c3)CCc3c4c(c5[nH]c(=O)oc(=O)c5c32)C(=O)N(c2ccccc2)[N+]4=O)cc1. The van der Waals surface area contributed by atoms with E-state index in [2.05, 4.69) is 20.9 Å². The number of aromatic amines is 1. The minimum Gasteiger partial charge on any atom is -0.497 e. The van der Waals surface area contributed by atoms with Gasteiger partial charge < -0.3 is 9.15 Å². The molecule has 9 nitrogen and oxygen atoms in total. The van der Waals surface area contributed by atoms with E-state index in [1.807, 2.05) is 12.1 Å². The predicted octanol–water partition coefficient (Wildman–Crippen LogP) is 5.66. The van der Waals surface area contributed by atoms with Crippen molar-refractivity contribution in [3.05, 3.63) is 137 Å². The molecule has 2 heterocycles. The smallest absolute Gasteiger partial charge is 0.419 e. The summed E-state index contributed by atoms with van der Waals surface area (Å²) in [5.74, 6) is -1.62. The van der Waals surface area contributed by atoms with Crippen molar-refractivity contribution in [3.63, 3.8) is 0 Å². The van der Waals surface area contributed by atoms with Crippen molar-refractivity contribution < 1.29 is 23.2 Å². The van der Waals surface area contributed by atoms with Crippen molar-refractivity contribution >= 4 is 44.1 Å². The molecule has 1 unspecified atom stereocenters. The van der Waals surface area contributed by atoms with Crippen LogP contribution < -0.4 is 21.1 Å². The molecule has 1 aliphatic carbocycles. The highest BCUT2D eigenvalue weighted by molar-refractivity contribution is 9.10. The van der Waals surface area contributed by atoms with E-state index in [1.165, 1.54) is 6.07 Å². The molecule has 208 valence electrons. The Morgan fingerprint density at radius 2 is 1.74 bits per heavy atom. The van der Waals surface area contributed by atoms with Crippen molar-refractivity contribution in [1.29, 1.82) is 0 Å². The summed E-state index contributed by atoms with van der Waals surface area (Å²) < 4.78 is 25.1. The molecule has 0 saturated heterocycles. The maximum absolute atomic E-state index is 14.5. The quantitative estimate of drug-likeness (QED) is 0.257. The lowest BCUT2D eigenvalue weighted by atomic mass is 9.69. The van der Waals surface area contributed by atoms with Crippen molar-refractivity contribution in [2.75, 3.05) is 12.1 Å². The summed E-state index contributed by atoms with van der Waals surface area (Å²) in [6.07, 6.45) is 0.659. The Hall–Kier alpha value is -4.90. The van der Waals surface area contributed by atoms with Gasteiger partial charge in [-0.1, -0.05) is 36.4 Å². The number of hydrogen-bond acceptors (Lipinski definition) is 6. The molecule has 4 aromatic carbocycles. The lowest BCUT2D eigenvalue weighted by molar-refractivity contribution is -0.458. The summed E-state index contributed by atoms with van der Waals surface area (Å²) in [7, 11) is 1.55. The van der Waals surface area contributed by atoms with Crippen LogP contribution in [0.3, 0.4) is 0 Å². The monoisotopic (exact) mass is 628 g/mol. The summed E-state index contributed by atoms with van der Waals surface area (Å²) >= 11 is 3.30. The fourth-order valence-electron chi connectivity index (χ4n) is 6.41. The highest BCUT2D eigenvalue weighted by Crippen LogP contribution is 2.56. The summed E-state index contributed by atoms with van der Waals surface area (Å²) in [4.78, 5) is 57.0. The van der Waals surface area contributed by atoms with Crippen LogP contribution in [0.25, 0.3) is 10.9 Å². The number of carbonyl (C=O) groups excluding carboxylic acids is 1. The Morgan fingerprint density at radius 1 is 1.02 bits per heavy atom. The van der Waals surface area contributed by atoms with Gasteiger partial charge in [-0.3, -0.25) is 9.78 Å². The molecule has 7 rings (SSSR count). The lowest BCUT2D eigenvalue weighted by Crippen LogP contribution is -2.30. The Morgan fingerprint density at radius 3 is 2.43 bits per heavy atom. The van der Waals surface area contributed by atoms with Crippen molar-refractivity contribution in [3.8, 4) is 5.75 Å². The third-order valence-corrected chi connectivity index (χ3v) is 8.75. The number of hydrazine groups is 1. The fourth-order valence-corrected chi connectivity index (χ4v) is 6.79. The molecular formula is C31H20BrFN3O6+. The molecule has 11 heteroatoms. The van der Waals surface area contributed by atoms with Gasteiger partial charge in [0.15, 0.2) is 10.4 Å². The number of rotatable bonds is 4. The molecule has 0 spiro atoms. The minimum atomic E-state index is -1.10. The van der Waals surface area contributed by atoms with Crippen LogP contribution in [0.15, 0.2) is 91.3 Å². The van der Waals surface area contributed by atoms with Crippen molar-refractivity contribution in [2.45, 2.75) is 18.3 Å². The zero-order valence-electron chi connectivity index (χ0n) is 21.9. The van der Waals surface area contributed by atoms with Crippen molar-refractivity contribution in [2.24, 2.45) is 0 Å². The first-order valence-electron chi connectivity index (χ1n) is 13.0. The van der Waals surface area contributed by atoms with Gasteiger partial charge >= 0.3 is 23.0 Å². The molecule has 2 aliphatic rings. The summed E-state index contributed by atoms with van der Waals surface area (Å²) in [6, 6.07) is 20.2. The standard InChI is InChI=1S/C31H19BrFN3O6/c1-41-19-10-7-16(8-11-19)31(17-9-12-22(33)21(32)15-17)14-13-20-25(31)23-26(34-30(39)42-29(23)38)24-27(20)36(40)35(28(24)37)18-5-3-2-4-6-18/h2-12,15H,13-14H2,1H3/p+1. The molecule has 1 atom stereocenters. The van der Waals surface area contributed by atoms with Crippen LogP contribution in [0.5, 0.6) is 5.75 Å². The number of nitrogens with zero attached hydrogens (tertiary/aromatic N) is 2. The van der Waals surface area contributed by atoms with Gasteiger partial charge in [0.05, 0.1) is 27.4 Å². The Kier molecular flexibility index (Phi) is 5.77. The molecule has 1 aromatic heterocycles. The molecule has 0 bridgehead atoms. The highest BCUT2D eigenvalue weighted by atomic mass is 79.9. The van der Waals surface area contributed by atoms with E-state index in [0.717, 1.165) is 10.6 Å². The first-order chi connectivity index (χ1) is 20.3. The Bertz CT molecular complexity index is 2090. The van der Waals surface area contributed by atoms with Crippen LogP contribution in [0, 0.1) is 10.7 Å². The van der Waals surface area contributed by atoms with Gasteiger partial charge in [0.2, 0.25) is 0 Å². The van der Waals surface area contributed by atoms with Gasteiger partial charge in [-0.15, -0.1) is 0 Å². The summed E-state index contributed by atoms with van der Waals surface area (Å²) in [5, 5.41) is 0.952. The third kappa shape index (κ3) is 3.49. The molecule has 1 amide bonds. The summed E-state index contributed by atoms with van der Waals surface area (Å²) in [5.41, 5.74) is 0.394. The number of halogens is 2. The van der Waals surface area contributed by atoms with Gasteiger partial charge in [-0.2, -0.15) is 0 Å². The normalized spacial score (nSPS) is 17.5. The van der Waals surface area contributed by atoms with E-state index in [9.17, 15) is 23.7 Å². The van der Waals surface area contributed by atoms with E-state index >= 15 is 0 Å². The van der Waals surface area contributed by atoms with Gasteiger partial charge in [0, 0.05) is 11.0 Å². The van der Waals surface area contributed by atoms with Gasteiger partial charge in [0.1, 0.15) is 17.3 Å². The van der Waals surface area contributed by atoms with Crippen LogP contribution in [-0.4, -0.2) is 22.9 Å². The second-order valence-corrected chi connectivity index (χ2v) is 11.0. The van der Waals surface area contributed by atoms with Crippen LogP contribution >= 0.6 is 15.9 Å². The highest BCUT2D eigenvalue weighted by Gasteiger charge is 2.55. The van der Waals surface area contributed by atoms with E-state index in [-0.39, 0.29) is 26.6 Å². The van der Waals surface area contributed by atoms with Crippen molar-refractivity contribution in [1.82, 2.24) is 4.98 Å². The van der Waals surface area contributed by atoms with Crippen LogP contribution in [-0.2, 0) is 11.8 Å². The largest absolute Gasteiger partial charge is 0.497 e. The number of para-hydroxylation sites is 1. The molecule has 42 heavy (non-hydrogen) atoms. The number of hydrogen-bond donors (Lipinski definition) is 1. The van der Waals surface area contributed by atoms with E-state index in [0.29, 0.717) is 45.8 Å². The first-order valence-corrected chi connectivity index (χ1v) is 13.8. The number of methoxy groups -OCH3 is 1. The summed E-state index contributed by atoms with van der Waals surface area (Å²) in [6.45, 7) is 0. The van der Waals surface area contributed by atoms with Gasteiger partial charge in [-0.25, -0.2) is 14.0 Å². The second-order valence-electron chi connectivity index (χ2n) is 10.1. The maximum atomic E-state index is 14.5. The van der Waals surface area contributed by atoms with Crippen LogP contribution in [0.1, 0.15) is 39.0 Å². The van der Waals surface area contributed by atoms with E-state index in [1.54, 1.807) is 61.7 Å². The van der Waals surface area contributed by atoms with E-state index < -0.39 is 28.5 Å². The lowest BCUT2D eigenvalue weighted by Gasteiger charge is -2.33. The first kappa shape index (κ1) is 26.0. The predicted molar refractivity (Wildman–Crippen MR) is 155 cm³/mol. The molecule has 5 aromatic rings. The van der Waals surface area contributed by atoms with Crippen LogP contribution in [0.2, 0.25) is 0 Å². The topological polar surface area (TPSA) is 113 Å². The molecular weight excluding hydrogens is 609 g/mol. The maximum Gasteiger partial charge on any atom is 0.419 e. The Balaban J connectivity index is 1.63.